The molecule has 1 aliphatic carbocycles. The number of para-hydroxylation sites is 1. The molecule has 0 saturated carbocycles. The van der Waals surface area contributed by atoms with E-state index in [4.69, 9.17) is 4.52 Å². The van der Waals surface area contributed by atoms with Gasteiger partial charge >= 0.3 is 0 Å². The SMILES string of the molecule is CC1(C)CC2(C=C(C#N)C1=O)CCN(C(=O)c1noc3ccccc13)C2. The van der Waals surface area contributed by atoms with Crippen molar-refractivity contribution in [2.45, 2.75) is 26.7 Å². The average molecular weight is 349 g/mol. The lowest BCUT2D eigenvalue weighted by molar-refractivity contribution is -0.125. The highest BCUT2D eigenvalue weighted by atomic mass is 16.5. The number of amides is 1. The molecule has 26 heavy (non-hydrogen) atoms. The van der Waals surface area contributed by atoms with Crippen molar-refractivity contribution < 1.29 is 14.1 Å². The molecule has 1 aromatic carbocycles. The second kappa shape index (κ2) is 5.53. The number of nitrogens with zero attached hydrogens (tertiary/aromatic N) is 3. The molecule has 1 atom stereocenters. The number of fused-ring (bicyclic) bond motifs is 1. The van der Waals surface area contributed by atoms with Crippen LogP contribution < -0.4 is 0 Å². The zero-order valence-corrected chi connectivity index (χ0v) is 14.8. The first-order valence-electron chi connectivity index (χ1n) is 8.67. The summed E-state index contributed by atoms with van der Waals surface area (Å²) in [5.41, 5.74) is 0.175. The van der Waals surface area contributed by atoms with Crippen LogP contribution in [-0.2, 0) is 4.79 Å². The van der Waals surface area contributed by atoms with Gasteiger partial charge in [0, 0.05) is 23.9 Å². The highest BCUT2D eigenvalue weighted by Crippen LogP contribution is 2.48. The molecule has 132 valence electrons. The molecular weight excluding hydrogens is 330 g/mol. The van der Waals surface area contributed by atoms with Gasteiger partial charge in [0.25, 0.3) is 5.91 Å². The lowest BCUT2D eigenvalue weighted by Crippen LogP contribution is -2.40. The van der Waals surface area contributed by atoms with Crippen LogP contribution in [0.5, 0.6) is 0 Å². The molecule has 2 aromatic rings. The molecule has 6 heteroatoms. The third kappa shape index (κ3) is 2.43. The second-order valence-electron chi connectivity index (χ2n) is 7.93. The Balaban J connectivity index is 1.64. The van der Waals surface area contributed by atoms with Crippen molar-refractivity contribution in [1.82, 2.24) is 10.1 Å². The van der Waals surface area contributed by atoms with Crippen LogP contribution in [-0.4, -0.2) is 34.8 Å². The minimum absolute atomic E-state index is 0.113. The van der Waals surface area contributed by atoms with Crippen LogP contribution in [0, 0.1) is 22.2 Å². The monoisotopic (exact) mass is 349 g/mol. The summed E-state index contributed by atoms with van der Waals surface area (Å²) in [6, 6.07) is 9.32. The highest BCUT2D eigenvalue weighted by Gasteiger charge is 2.49. The quantitative estimate of drug-likeness (QED) is 0.789. The number of ketones is 1. The largest absolute Gasteiger partial charge is 0.355 e. The number of nitriles is 1. The summed E-state index contributed by atoms with van der Waals surface area (Å²) in [4.78, 5) is 27.1. The Hall–Kier alpha value is -2.94. The molecule has 1 spiro atoms. The van der Waals surface area contributed by atoms with Gasteiger partial charge in [0.2, 0.25) is 0 Å². The van der Waals surface area contributed by atoms with Gasteiger partial charge in [-0.2, -0.15) is 5.26 Å². The van der Waals surface area contributed by atoms with Gasteiger partial charge in [0.15, 0.2) is 17.1 Å². The van der Waals surface area contributed by atoms with Gasteiger partial charge in [-0.15, -0.1) is 0 Å². The van der Waals surface area contributed by atoms with E-state index in [9.17, 15) is 14.9 Å². The molecule has 1 saturated heterocycles. The van der Waals surface area contributed by atoms with Crippen molar-refractivity contribution >= 4 is 22.7 Å². The van der Waals surface area contributed by atoms with E-state index in [1.807, 2.05) is 38.1 Å². The van der Waals surface area contributed by atoms with E-state index in [0.29, 0.717) is 36.2 Å². The Morgan fingerprint density at radius 2 is 2.12 bits per heavy atom. The Morgan fingerprint density at radius 1 is 1.35 bits per heavy atom. The first-order valence-corrected chi connectivity index (χ1v) is 8.67. The summed E-state index contributed by atoms with van der Waals surface area (Å²) >= 11 is 0. The lowest BCUT2D eigenvalue weighted by atomic mass is 9.64. The molecule has 0 radical (unpaired) electrons. The first kappa shape index (κ1) is 16.5. The zero-order chi connectivity index (χ0) is 18.5. The number of hydrogen-bond donors (Lipinski definition) is 0. The Kier molecular flexibility index (Phi) is 3.52. The second-order valence-corrected chi connectivity index (χ2v) is 7.93. The van der Waals surface area contributed by atoms with Crippen LogP contribution >= 0.6 is 0 Å². The van der Waals surface area contributed by atoms with Gasteiger partial charge in [0.05, 0.1) is 11.0 Å². The summed E-state index contributed by atoms with van der Waals surface area (Å²) in [7, 11) is 0. The van der Waals surface area contributed by atoms with Crippen LogP contribution in [0.25, 0.3) is 11.0 Å². The summed E-state index contributed by atoms with van der Waals surface area (Å²) in [6.07, 6.45) is 3.15. The average Bonchev–Trinajstić information content (AvgIpc) is 3.22. The highest BCUT2D eigenvalue weighted by molar-refractivity contribution is 6.05. The lowest BCUT2D eigenvalue weighted by Gasteiger charge is -2.38. The molecule has 1 unspecified atom stereocenters. The minimum Gasteiger partial charge on any atom is -0.355 e. The molecule has 2 aliphatic rings. The Morgan fingerprint density at radius 3 is 2.88 bits per heavy atom. The predicted octanol–water partition coefficient (Wildman–Crippen LogP) is 3.11. The Labute approximate surface area is 151 Å². The van der Waals surface area contributed by atoms with Gasteiger partial charge in [-0.1, -0.05) is 37.2 Å². The van der Waals surface area contributed by atoms with Crippen LogP contribution in [0.4, 0.5) is 0 Å². The fraction of sp³-hybridized carbons (Fsp3) is 0.400. The maximum atomic E-state index is 13.0. The van der Waals surface area contributed by atoms with Gasteiger partial charge in [-0.05, 0) is 25.0 Å². The van der Waals surface area contributed by atoms with Crippen molar-refractivity contribution in [1.29, 1.82) is 5.26 Å². The van der Waals surface area contributed by atoms with Gasteiger partial charge in [-0.3, -0.25) is 9.59 Å². The van der Waals surface area contributed by atoms with E-state index in [-0.39, 0.29) is 22.7 Å². The molecule has 6 nitrogen and oxygen atoms in total. The molecule has 0 bridgehead atoms. The van der Waals surface area contributed by atoms with Crippen LogP contribution in [0.3, 0.4) is 0 Å². The van der Waals surface area contributed by atoms with E-state index in [1.165, 1.54) is 0 Å². The fourth-order valence-corrected chi connectivity index (χ4v) is 4.35. The smallest absolute Gasteiger partial charge is 0.276 e. The number of aromatic nitrogens is 1. The predicted molar refractivity (Wildman–Crippen MR) is 94.1 cm³/mol. The number of carbonyl (C=O) groups excluding carboxylic acids is 2. The number of allylic oxidation sites excluding steroid dienone is 1. The van der Waals surface area contributed by atoms with Crippen molar-refractivity contribution in [3.63, 3.8) is 0 Å². The minimum atomic E-state index is -0.598. The van der Waals surface area contributed by atoms with E-state index < -0.39 is 5.41 Å². The van der Waals surface area contributed by atoms with Gasteiger partial charge in [0.1, 0.15) is 6.07 Å². The summed E-state index contributed by atoms with van der Waals surface area (Å²) in [5, 5.41) is 14.0. The third-order valence-corrected chi connectivity index (χ3v) is 5.48. The van der Waals surface area contributed by atoms with Crippen molar-refractivity contribution in [2.24, 2.45) is 10.8 Å². The van der Waals surface area contributed by atoms with Crippen molar-refractivity contribution in [2.75, 3.05) is 13.1 Å². The number of carbonyl (C=O) groups is 2. The standard InChI is InChI=1S/C20H19N3O3/c1-19(2)11-20(9-13(10-21)17(19)24)7-8-23(12-20)18(25)16-14-5-3-4-6-15(14)26-22-16/h3-6,9H,7-8,11-12H2,1-2H3. The molecule has 4 rings (SSSR count). The van der Waals surface area contributed by atoms with E-state index in [1.54, 1.807) is 17.0 Å². The number of Topliss-reactive ketones (excluding diaryl/α,β-unsaturated/α-hetero) is 1. The molecule has 2 heterocycles. The number of hydrogen-bond acceptors (Lipinski definition) is 5. The number of rotatable bonds is 1. The summed E-state index contributed by atoms with van der Waals surface area (Å²) < 4.78 is 5.25. The third-order valence-electron chi connectivity index (χ3n) is 5.48. The topological polar surface area (TPSA) is 87.2 Å². The van der Waals surface area contributed by atoms with Crippen LogP contribution in [0.15, 0.2) is 40.4 Å². The fourth-order valence-electron chi connectivity index (χ4n) is 4.35. The maximum Gasteiger partial charge on any atom is 0.276 e. The van der Waals surface area contributed by atoms with E-state index in [2.05, 4.69) is 5.16 Å². The van der Waals surface area contributed by atoms with Crippen molar-refractivity contribution in [3.05, 3.63) is 41.6 Å². The number of likely N-dealkylation sites (tertiary alicyclic amines) is 1. The van der Waals surface area contributed by atoms with E-state index in [0.717, 1.165) is 6.42 Å². The summed E-state index contributed by atoms with van der Waals surface area (Å²) in [6.45, 7) is 4.79. The van der Waals surface area contributed by atoms with Crippen LogP contribution in [0.2, 0.25) is 0 Å². The molecule has 1 aliphatic heterocycles. The molecule has 1 amide bonds. The van der Waals surface area contributed by atoms with Crippen LogP contribution in [0.1, 0.15) is 37.2 Å². The normalized spacial score (nSPS) is 24.7. The molecule has 0 N–H and O–H groups in total. The van der Waals surface area contributed by atoms with Gasteiger partial charge < -0.3 is 9.42 Å². The Bertz CT molecular complexity index is 995. The zero-order valence-electron chi connectivity index (χ0n) is 14.8. The van der Waals surface area contributed by atoms with Crippen molar-refractivity contribution in [3.8, 4) is 6.07 Å². The van der Waals surface area contributed by atoms with E-state index >= 15 is 0 Å². The summed E-state index contributed by atoms with van der Waals surface area (Å²) in [5.74, 6) is -0.286. The number of benzene rings is 1. The molecular formula is C20H19N3O3. The molecule has 1 fully saturated rings. The maximum absolute atomic E-state index is 13.0. The molecule has 1 aromatic heterocycles. The van der Waals surface area contributed by atoms with Gasteiger partial charge in [-0.25, -0.2) is 0 Å². The first-order chi connectivity index (χ1) is 12.4.